The Hall–Kier alpha value is -2.99. The SMILES string of the molecule is O=C1CSc2ccc(N3CC4(CCCNC5Cn6c(=O)ccc7ncc(F)c5c76)OC3O4)cc2N1. The molecule has 1 amide bonds. The molecule has 2 bridgehead atoms. The van der Waals surface area contributed by atoms with E-state index in [-0.39, 0.29) is 17.5 Å². The van der Waals surface area contributed by atoms with E-state index in [2.05, 4.69) is 20.5 Å². The van der Waals surface area contributed by atoms with Gasteiger partial charge in [-0.05, 0) is 37.2 Å². The molecular formula is C24H22FN5O4S. The Morgan fingerprint density at radius 3 is 3.03 bits per heavy atom. The molecule has 7 heterocycles. The lowest BCUT2D eigenvalue weighted by Gasteiger charge is -2.37. The van der Waals surface area contributed by atoms with Gasteiger partial charge in [-0.3, -0.25) is 14.6 Å². The van der Waals surface area contributed by atoms with Gasteiger partial charge in [0, 0.05) is 35.2 Å². The van der Waals surface area contributed by atoms with Gasteiger partial charge < -0.3 is 29.6 Å². The van der Waals surface area contributed by atoms with Gasteiger partial charge >= 0.3 is 0 Å². The number of aromatic nitrogens is 2. The first-order valence-corrected chi connectivity index (χ1v) is 12.6. The van der Waals surface area contributed by atoms with E-state index in [9.17, 15) is 14.0 Å². The van der Waals surface area contributed by atoms with Crippen molar-refractivity contribution in [1.82, 2.24) is 14.9 Å². The van der Waals surface area contributed by atoms with Crippen molar-refractivity contribution in [2.24, 2.45) is 0 Å². The molecule has 1 aromatic carbocycles. The topological polar surface area (TPSA) is 97.7 Å². The minimum atomic E-state index is -0.662. The second-order valence-electron chi connectivity index (χ2n) is 9.24. The summed E-state index contributed by atoms with van der Waals surface area (Å²) in [5.41, 5.74) is 3.32. The van der Waals surface area contributed by atoms with Crippen LogP contribution in [0.3, 0.4) is 0 Å². The van der Waals surface area contributed by atoms with Crippen LogP contribution >= 0.6 is 11.8 Å². The maximum absolute atomic E-state index is 14.6. The fourth-order valence-electron chi connectivity index (χ4n) is 5.42. The molecule has 3 fully saturated rings. The van der Waals surface area contributed by atoms with Gasteiger partial charge in [-0.25, -0.2) is 4.39 Å². The molecular weight excluding hydrogens is 473 g/mol. The van der Waals surface area contributed by atoms with E-state index in [4.69, 9.17) is 9.47 Å². The number of hydrogen-bond donors (Lipinski definition) is 2. The van der Waals surface area contributed by atoms with Crippen molar-refractivity contribution >= 4 is 40.1 Å². The lowest BCUT2D eigenvalue weighted by Crippen LogP contribution is -2.47. The van der Waals surface area contributed by atoms with E-state index in [1.165, 1.54) is 24.0 Å². The van der Waals surface area contributed by atoms with E-state index in [1.807, 2.05) is 18.2 Å². The number of carbonyl (C=O) groups is 1. The van der Waals surface area contributed by atoms with Gasteiger partial charge in [0.2, 0.25) is 12.3 Å². The summed E-state index contributed by atoms with van der Waals surface area (Å²) in [5.74, 6) is -0.621. The molecule has 8 rings (SSSR count). The predicted octanol–water partition coefficient (Wildman–Crippen LogP) is 2.55. The summed E-state index contributed by atoms with van der Waals surface area (Å²) < 4.78 is 28.3. The molecule has 5 aliphatic rings. The first-order valence-electron chi connectivity index (χ1n) is 11.6. The number of fused-ring (bicyclic) bond motifs is 2. The highest BCUT2D eigenvalue weighted by molar-refractivity contribution is 8.00. The Balaban J connectivity index is 0.985. The molecule has 180 valence electrons. The number of pyridine rings is 2. The molecule has 9 nitrogen and oxygen atoms in total. The number of halogens is 1. The van der Waals surface area contributed by atoms with E-state index in [1.54, 1.807) is 10.6 Å². The van der Waals surface area contributed by atoms with Crippen molar-refractivity contribution in [3.05, 3.63) is 58.3 Å². The fraction of sp³-hybridized carbons (Fsp3) is 0.375. The van der Waals surface area contributed by atoms with Crippen LogP contribution in [0, 0.1) is 5.82 Å². The Labute approximate surface area is 203 Å². The van der Waals surface area contributed by atoms with Crippen LogP contribution in [0.25, 0.3) is 11.0 Å². The number of thioether (sulfide) groups is 1. The lowest BCUT2D eigenvalue weighted by atomic mass is 10.1. The smallest absolute Gasteiger partial charge is 0.251 e. The predicted molar refractivity (Wildman–Crippen MR) is 128 cm³/mol. The largest absolute Gasteiger partial charge is 0.324 e. The highest BCUT2D eigenvalue weighted by Gasteiger charge is 2.58. The Morgan fingerprint density at radius 2 is 2.14 bits per heavy atom. The third kappa shape index (κ3) is 3.37. The zero-order chi connectivity index (χ0) is 23.7. The second-order valence-corrected chi connectivity index (χ2v) is 10.3. The number of nitrogens with zero attached hydrogens (tertiary/aromatic N) is 3. The van der Waals surface area contributed by atoms with Crippen molar-refractivity contribution < 1.29 is 18.7 Å². The number of nitrogens with one attached hydrogen (secondary N) is 2. The monoisotopic (exact) mass is 495 g/mol. The number of ether oxygens (including phenoxy) is 2. The summed E-state index contributed by atoms with van der Waals surface area (Å²) in [6, 6.07) is 8.83. The average Bonchev–Trinajstić information content (AvgIpc) is 3.51. The number of anilines is 2. The Kier molecular flexibility index (Phi) is 4.72. The van der Waals surface area contributed by atoms with Crippen LogP contribution in [0.4, 0.5) is 15.8 Å². The Bertz CT molecular complexity index is 1440. The van der Waals surface area contributed by atoms with Crippen molar-refractivity contribution in [1.29, 1.82) is 0 Å². The zero-order valence-electron chi connectivity index (χ0n) is 18.6. The molecule has 5 aliphatic heterocycles. The van der Waals surface area contributed by atoms with Gasteiger partial charge in [-0.1, -0.05) is 0 Å². The maximum atomic E-state index is 14.6. The summed E-state index contributed by atoms with van der Waals surface area (Å²) in [4.78, 5) is 31.2. The quantitative estimate of drug-likeness (QED) is 0.504. The zero-order valence-corrected chi connectivity index (χ0v) is 19.4. The molecule has 2 aromatic heterocycles. The summed E-state index contributed by atoms with van der Waals surface area (Å²) in [6.45, 7) is 1.61. The third-order valence-corrected chi connectivity index (χ3v) is 8.13. The van der Waals surface area contributed by atoms with Crippen LogP contribution < -0.4 is 21.1 Å². The Morgan fingerprint density at radius 1 is 1.26 bits per heavy atom. The molecule has 3 aromatic rings. The molecule has 0 aliphatic carbocycles. The lowest BCUT2D eigenvalue weighted by molar-refractivity contribution is -0.406. The van der Waals surface area contributed by atoms with E-state index in [0.717, 1.165) is 22.7 Å². The number of benzene rings is 1. The second kappa shape index (κ2) is 7.76. The molecule has 1 unspecified atom stereocenters. The van der Waals surface area contributed by atoms with Gasteiger partial charge in [0.1, 0.15) is 5.82 Å². The molecule has 35 heavy (non-hydrogen) atoms. The van der Waals surface area contributed by atoms with Crippen molar-refractivity contribution in [3.8, 4) is 0 Å². The minimum absolute atomic E-state index is 0.00413. The number of carbonyl (C=O) groups excluding carboxylic acids is 1. The number of rotatable bonds is 6. The van der Waals surface area contributed by atoms with Gasteiger partial charge in [-0.15, -0.1) is 11.8 Å². The van der Waals surface area contributed by atoms with Gasteiger partial charge in [0.25, 0.3) is 5.56 Å². The van der Waals surface area contributed by atoms with Crippen LogP contribution in [0.2, 0.25) is 0 Å². The van der Waals surface area contributed by atoms with Crippen molar-refractivity contribution in [2.75, 3.05) is 29.1 Å². The normalized spacial score (nSPS) is 26.1. The van der Waals surface area contributed by atoms with Gasteiger partial charge in [0.05, 0.1) is 41.3 Å². The first kappa shape index (κ1) is 21.3. The van der Waals surface area contributed by atoms with Crippen molar-refractivity contribution in [3.63, 3.8) is 0 Å². The molecule has 1 atom stereocenters. The standard InChI is InChI=1S/C24H22FN5O4S/c25-14-9-27-15-3-5-20(32)29-10-17(21(14)22(15)29)26-7-1-6-24-12-30(23(33-24)34-24)13-2-4-18-16(8-13)28-19(31)11-35-18/h2-5,8-9,17,23,26H,1,6-7,10-12H2,(H,28,31). The van der Waals surface area contributed by atoms with Crippen LogP contribution in [-0.2, 0) is 20.8 Å². The van der Waals surface area contributed by atoms with Gasteiger partial charge in [0.15, 0.2) is 5.79 Å². The van der Waals surface area contributed by atoms with Crippen LogP contribution in [0.1, 0.15) is 24.4 Å². The number of hydrogen-bond acceptors (Lipinski definition) is 8. The van der Waals surface area contributed by atoms with E-state index in [0.29, 0.717) is 48.4 Å². The highest BCUT2D eigenvalue weighted by atomic mass is 32.2. The molecule has 0 spiro atoms. The summed E-state index contributed by atoms with van der Waals surface area (Å²) >= 11 is 1.53. The van der Waals surface area contributed by atoms with Crippen LogP contribution in [-0.4, -0.2) is 46.5 Å². The number of amides is 1. The van der Waals surface area contributed by atoms with Crippen molar-refractivity contribution in [2.45, 2.75) is 42.5 Å². The fourth-order valence-corrected chi connectivity index (χ4v) is 6.21. The average molecular weight is 496 g/mol. The minimum Gasteiger partial charge on any atom is -0.324 e. The summed E-state index contributed by atoms with van der Waals surface area (Å²) in [6.07, 6.45) is 2.23. The van der Waals surface area contributed by atoms with E-state index < -0.39 is 18.0 Å². The molecule has 2 N–H and O–H groups in total. The van der Waals surface area contributed by atoms with Crippen LogP contribution in [0.15, 0.2) is 46.2 Å². The van der Waals surface area contributed by atoms with Gasteiger partial charge in [-0.2, -0.15) is 0 Å². The third-order valence-electron chi connectivity index (χ3n) is 7.06. The first-order chi connectivity index (χ1) is 17.0. The molecule has 11 heteroatoms. The molecule has 0 saturated carbocycles. The molecule has 3 saturated heterocycles. The molecule has 0 radical (unpaired) electrons. The highest BCUT2D eigenvalue weighted by Crippen LogP contribution is 2.47. The van der Waals surface area contributed by atoms with Crippen LogP contribution in [0.5, 0.6) is 0 Å². The maximum Gasteiger partial charge on any atom is 0.251 e. The van der Waals surface area contributed by atoms with E-state index >= 15 is 0 Å². The summed E-state index contributed by atoms with van der Waals surface area (Å²) in [5, 5.41) is 6.32. The summed E-state index contributed by atoms with van der Waals surface area (Å²) in [7, 11) is 0.